The summed E-state index contributed by atoms with van der Waals surface area (Å²) in [5.41, 5.74) is 8.05. The van der Waals surface area contributed by atoms with Gasteiger partial charge < -0.3 is 20.1 Å². The van der Waals surface area contributed by atoms with Crippen molar-refractivity contribution in [3.05, 3.63) is 17.7 Å². The molecule has 1 aliphatic rings. The van der Waals surface area contributed by atoms with E-state index in [1.807, 2.05) is 12.1 Å². The first-order valence-electron chi connectivity index (χ1n) is 7.58. The number of ether oxygens (including phenoxy) is 2. The van der Waals surface area contributed by atoms with E-state index in [1.165, 1.54) is 0 Å². The molecule has 1 unspecified atom stereocenters. The van der Waals surface area contributed by atoms with E-state index < -0.39 is 0 Å². The third-order valence-electron chi connectivity index (χ3n) is 3.84. The first kappa shape index (κ1) is 15.9. The first-order chi connectivity index (χ1) is 10.0. The molecule has 1 aliphatic heterocycles. The molecule has 1 aromatic rings. The van der Waals surface area contributed by atoms with Crippen molar-refractivity contribution in [1.29, 1.82) is 0 Å². The maximum atomic E-state index is 6.18. The molecule has 5 nitrogen and oxygen atoms in total. The number of likely N-dealkylation sites (N-methyl/N-ethyl adjacent to an activating group) is 2. The lowest BCUT2D eigenvalue weighted by atomic mass is 10.1. The van der Waals surface area contributed by atoms with Gasteiger partial charge in [0.05, 0.1) is 0 Å². The summed E-state index contributed by atoms with van der Waals surface area (Å²) in [5.74, 6) is 1.56. The van der Waals surface area contributed by atoms with Crippen molar-refractivity contribution < 1.29 is 9.47 Å². The number of anilines is 1. The van der Waals surface area contributed by atoms with Crippen LogP contribution < -0.4 is 15.2 Å². The summed E-state index contributed by atoms with van der Waals surface area (Å²) >= 11 is 0. The van der Waals surface area contributed by atoms with E-state index in [4.69, 9.17) is 15.2 Å². The van der Waals surface area contributed by atoms with Crippen LogP contribution in [0, 0.1) is 0 Å². The lowest BCUT2D eigenvalue weighted by Crippen LogP contribution is -2.39. The van der Waals surface area contributed by atoms with Gasteiger partial charge in [-0.25, -0.2) is 0 Å². The summed E-state index contributed by atoms with van der Waals surface area (Å²) < 4.78 is 11.2. The number of nitrogens with zero attached hydrogens (tertiary/aromatic N) is 2. The van der Waals surface area contributed by atoms with Crippen molar-refractivity contribution in [2.24, 2.45) is 0 Å². The van der Waals surface area contributed by atoms with Gasteiger partial charge in [0.2, 0.25) is 0 Å². The number of nitrogen functional groups attached to an aromatic ring is 1. The fraction of sp³-hybridized carbons (Fsp3) is 0.625. The Kier molecular flexibility index (Phi) is 5.31. The van der Waals surface area contributed by atoms with Gasteiger partial charge in [-0.3, -0.25) is 4.90 Å². The zero-order chi connectivity index (χ0) is 15.4. The Bertz CT molecular complexity index is 477. The summed E-state index contributed by atoms with van der Waals surface area (Å²) in [6.07, 6.45) is 0. The lowest BCUT2D eigenvalue weighted by Gasteiger charge is -2.30. The highest BCUT2D eigenvalue weighted by Crippen LogP contribution is 2.35. The molecule has 0 saturated carbocycles. The van der Waals surface area contributed by atoms with Gasteiger partial charge in [-0.2, -0.15) is 0 Å². The Labute approximate surface area is 127 Å². The second-order valence-corrected chi connectivity index (χ2v) is 5.87. The molecule has 5 heteroatoms. The van der Waals surface area contributed by atoms with Crippen LogP contribution in [0.5, 0.6) is 11.5 Å². The summed E-state index contributed by atoms with van der Waals surface area (Å²) in [4.78, 5) is 4.63. The zero-order valence-electron chi connectivity index (χ0n) is 13.6. The Morgan fingerprint density at radius 2 is 1.81 bits per heavy atom. The van der Waals surface area contributed by atoms with E-state index in [9.17, 15) is 0 Å². The average molecular weight is 293 g/mol. The third kappa shape index (κ3) is 4.02. The molecule has 0 aliphatic carbocycles. The van der Waals surface area contributed by atoms with Crippen LogP contribution in [0.25, 0.3) is 0 Å². The average Bonchev–Trinajstić information content (AvgIpc) is 2.44. The van der Waals surface area contributed by atoms with Crippen LogP contribution in [-0.2, 0) is 6.54 Å². The number of hydrogen-bond acceptors (Lipinski definition) is 5. The molecule has 1 heterocycles. The Balaban J connectivity index is 2.13. The molecule has 0 spiro atoms. The van der Waals surface area contributed by atoms with Crippen LogP contribution in [0.2, 0.25) is 0 Å². The fourth-order valence-electron chi connectivity index (χ4n) is 2.73. The molecule has 118 valence electrons. The monoisotopic (exact) mass is 293 g/mol. The van der Waals surface area contributed by atoms with E-state index in [0.29, 0.717) is 19.3 Å². The number of hydrogen-bond donors (Lipinski definition) is 1. The number of fused-ring (bicyclic) bond motifs is 1. The Hall–Kier alpha value is -1.46. The van der Waals surface area contributed by atoms with Crippen LogP contribution in [0.1, 0.15) is 19.4 Å². The van der Waals surface area contributed by atoms with Gasteiger partial charge in [0, 0.05) is 30.9 Å². The molecule has 0 amide bonds. The highest BCUT2D eigenvalue weighted by atomic mass is 16.6. The van der Waals surface area contributed by atoms with E-state index in [-0.39, 0.29) is 0 Å². The molecule has 1 aromatic carbocycles. The van der Waals surface area contributed by atoms with Gasteiger partial charge in [-0.15, -0.1) is 0 Å². The summed E-state index contributed by atoms with van der Waals surface area (Å²) in [6.45, 7) is 8.46. The van der Waals surface area contributed by atoms with Gasteiger partial charge in [-0.1, -0.05) is 6.92 Å². The van der Waals surface area contributed by atoms with Crippen molar-refractivity contribution in [1.82, 2.24) is 9.80 Å². The number of rotatable bonds is 6. The lowest BCUT2D eigenvalue weighted by molar-refractivity contribution is 0.167. The van der Waals surface area contributed by atoms with E-state index >= 15 is 0 Å². The van der Waals surface area contributed by atoms with Gasteiger partial charge in [0.15, 0.2) is 11.5 Å². The maximum absolute atomic E-state index is 6.18. The van der Waals surface area contributed by atoms with Crippen LogP contribution in [-0.4, -0.2) is 56.2 Å². The standard InChI is InChI=1S/C16H27N3O2/c1-5-19(12(2)10-18(3)4)11-13-8-15-16(9-14(13)17)21-7-6-20-15/h8-9,12H,5-7,10-11,17H2,1-4H3. The molecule has 2 rings (SSSR count). The summed E-state index contributed by atoms with van der Waals surface area (Å²) in [5, 5.41) is 0. The molecule has 0 saturated heterocycles. The van der Waals surface area contributed by atoms with Crippen molar-refractivity contribution in [3.8, 4) is 11.5 Å². The van der Waals surface area contributed by atoms with Crippen molar-refractivity contribution >= 4 is 5.69 Å². The SMILES string of the molecule is CCN(Cc1cc2c(cc1N)OCCO2)C(C)CN(C)C. The second kappa shape index (κ2) is 7.00. The van der Waals surface area contributed by atoms with Crippen LogP contribution in [0.3, 0.4) is 0 Å². The van der Waals surface area contributed by atoms with E-state index in [0.717, 1.165) is 42.4 Å². The van der Waals surface area contributed by atoms with Crippen LogP contribution in [0.4, 0.5) is 5.69 Å². The summed E-state index contributed by atoms with van der Waals surface area (Å²) in [7, 11) is 4.20. The van der Waals surface area contributed by atoms with Crippen molar-refractivity contribution in [2.75, 3.05) is 46.1 Å². The topological polar surface area (TPSA) is 51.0 Å². The fourth-order valence-corrected chi connectivity index (χ4v) is 2.73. The van der Waals surface area contributed by atoms with Gasteiger partial charge >= 0.3 is 0 Å². The molecule has 0 bridgehead atoms. The van der Waals surface area contributed by atoms with Crippen molar-refractivity contribution in [3.63, 3.8) is 0 Å². The number of nitrogens with two attached hydrogens (primary N) is 1. The smallest absolute Gasteiger partial charge is 0.163 e. The zero-order valence-corrected chi connectivity index (χ0v) is 13.6. The van der Waals surface area contributed by atoms with E-state index in [1.54, 1.807) is 0 Å². The minimum absolute atomic E-state index is 0.470. The molecule has 2 N–H and O–H groups in total. The molecule has 0 fully saturated rings. The molecule has 21 heavy (non-hydrogen) atoms. The highest BCUT2D eigenvalue weighted by Gasteiger charge is 2.18. The minimum Gasteiger partial charge on any atom is -0.486 e. The molecule has 0 aromatic heterocycles. The Morgan fingerprint density at radius 3 is 2.38 bits per heavy atom. The maximum Gasteiger partial charge on any atom is 0.163 e. The Morgan fingerprint density at radius 1 is 1.19 bits per heavy atom. The normalized spacial score (nSPS) is 15.5. The predicted molar refractivity (Wildman–Crippen MR) is 85.9 cm³/mol. The van der Waals surface area contributed by atoms with Gasteiger partial charge in [0.1, 0.15) is 13.2 Å². The van der Waals surface area contributed by atoms with E-state index in [2.05, 4.69) is 37.7 Å². The highest BCUT2D eigenvalue weighted by molar-refractivity contribution is 5.58. The number of benzene rings is 1. The predicted octanol–water partition coefficient (Wildman–Crippen LogP) is 1.81. The quantitative estimate of drug-likeness (QED) is 0.811. The third-order valence-corrected chi connectivity index (χ3v) is 3.84. The minimum atomic E-state index is 0.470. The molecular weight excluding hydrogens is 266 g/mol. The molecule has 1 atom stereocenters. The first-order valence-corrected chi connectivity index (χ1v) is 7.58. The largest absolute Gasteiger partial charge is 0.486 e. The van der Waals surface area contributed by atoms with Gasteiger partial charge in [0.25, 0.3) is 0 Å². The van der Waals surface area contributed by atoms with Gasteiger partial charge in [-0.05, 0) is 39.2 Å². The molecule has 0 radical (unpaired) electrons. The summed E-state index contributed by atoms with van der Waals surface area (Å²) in [6, 6.07) is 4.38. The second-order valence-electron chi connectivity index (χ2n) is 5.87. The van der Waals surface area contributed by atoms with Crippen LogP contribution >= 0.6 is 0 Å². The van der Waals surface area contributed by atoms with Crippen LogP contribution in [0.15, 0.2) is 12.1 Å². The molecular formula is C16H27N3O2. The van der Waals surface area contributed by atoms with Crippen molar-refractivity contribution in [2.45, 2.75) is 26.4 Å².